The molecule has 0 aromatic heterocycles. The highest BCUT2D eigenvalue weighted by Gasteiger charge is 2.36. The van der Waals surface area contributed by atoms with Gasteiger partial charge in [0.05, 0.1) is 5.56 Å². The Hall–Kier alpha value is -0.900. The fourth-order valence-electron chi connectivity index (χ4n) is 3.69. The molecule has 0 N–H and O–H groups in total. The largest absolute Gasteiger partial charge is 0.335 e. The molecule has 4 heteroatoms. The smallest absolute Gasteiger partial charge is 0.257 e. The summed E-state index contributed by atoms with van der Waals surface area (Å²) in [6, 6.07) is 4.91. The lowest BCUT2D eigenvalue weighted by atomic mass is 9.95. The molecular formula is C16H19BrFNO. The number of rotatable bonds is 2. The van der Waals surface area contributed by atoms with Gasteiger partial charge in [-0.1, -0.05) is 28.8 Å². The molecule has 2 fully saturated rings. The van der Waals surface area contributed by atoms with Crippen molar-refractivity contribution in [2.45, 2.75) is 44.6 Å². The van der Waals surface area contributed by atoms with Crippen LogP contribution in [0.5, 0.6) is 0 Å². The molecule has 0 bridgehead atoms. The molecule has 2 aliphatic rings. The van der Waals surface area contributed by atoms with Crippen LogP contribution < -0.4 is 0 Å². The fourth-order valence-corrected chi connectivity index (χ4v) is 4.05. The van der Waals surface area contributed by atoms with Gasteiger partial charge < -0.3 is 4.90 Å². The summed E-state index contributed by atoms with van der Waals surface area (Å²) in [7, 11) is 0. The summed E-state index contributed by atoms with van der Waals surface area (Å²) >= 11 is 3.32. The van der Waals surface area contributed by atoms with Crippen LogP contribution in [-0.2, 0) is 0 Å². The molecule has 20 heavy (non-hydrogen) atoms. The number of nitrogens with zero attached hydrogens (tertiary/aromatic N) is 1. The second kappa shape index (κ2) is 5.84. The van der Waals surface area contributed by atoms with E-state index >= 15 is 0 Å². The van der Waals surface area contributed by atoms with Crippen molar-refractivity contribution in [3.63, 3.8) is 0 Å². The van der Waals surface area contributed by atoms with E-state index in [1.165, 1.54) is 31.7 Å². The zero-order valence-corrected chi connectivity index (χ0v) is 13.0. The molecule has 1 heterocycles. The number of halogens is 2. The predicted molar refractivity (Wildman–Crippen MR) is 80.1 cm³/mol. The zero-order chi connectivity index (χ0) is 14.1. The zero-order valence-electron chi connectivity index (χ0n) is 11.4. The van der Waals surface area contributed by atoms with Gasteiger partial charge in [0.25, 0.3) is 5.91 Å². The van der Waals surface area contributed by atoms with E-state index in [9.17, 15) is 9.18 Å². The molecule has 1 atom stereocenters. The van der Waals surface area contributed by atoms with E-state index < -0.39 is 5.82 Å². The Morgan fingerprint density at radius 3 is 2.70 bits per heavy atom. The van der Waals surface area contributed by atoms with Gasteiger partial charge in [-0.15, -0.1) is 0 Å². The van der Waals surface area contributed by atoms with E-state index in [1.54, 1.807) is 12.1 Å². The summed E-state index contributed by atoms with van der Waals surface area (Å²) < 4.78 is 14.7. The molecule has 0 spiro atoms. The molecular weight excluding hydrogens is 321 g/mol. The monoisotopic (exact) mass is 339 g/mol. The van der Waals surface area contributed by atoms with Crippen LogP contribution in [0.3, 0.4) is 0 Å². The van der Waals surface area contributed by atoms with Crippen molar-refractivity contribution in [1.29, 1.82) is 0 Å². The van der Waals surface area contributed by atoms with E-state index in [1.807, 2.05) is 4.90 Å². The number of carbonyl (C=O) groups excluding carboxylic acids is 1. The van der Waals surface area contributed by atoms with E-state index in [4.69, 9.17) is 0 Å². The first-order chi connectivity index (χ1) is 9.66. The van der Waals surface area contributed by atoms with Crippen LogP contribution in [0.1, 0.15) is 48.9 Å². The quantitative estimate of drug-likeness (QED) is 0.782. The van der Waals surface area contributed by atoms with Crippen molar-refractivity contribution in [1.82, 2.24) is 4.90 Å². The minimum atomic E-state index is -0.421. The predicted octanol–water partition coefficient (Wildman–Crippen LogP) is 4.38. The first-order valence-electron chi connectivity index (χ1n) is 7.43. The standard InChI is InChI=1S/C16H19BrFNO/c17-12-7-8-14(18)13(10-12)16(20)19-9-3-6-15(19)11-4-1-2-5-11/h7-8,10-11,15H,1-6,9H2. The molecule has 1 unspecified atom stereocenters. The van der Waals surface area contributed by atoms with Gasteiger partial charge in [-0.3, -0.25) is 4.79 Å². The number of benzene rings is 1. The molecule has 0 radical (unpaired) electrons. The summed E-state index contributed by atoms with van der Waals surface area (Å²) in [5.41, 5.74) is 0.198. The Balaban J connectivity index is 1.83. The molecule has 1 aromatic rings. The van der Waals surface area contributed by atoms with Crippen molar-refractivity contribution in [2.24, 2.45) is 5.92 Å². The fraction of sp³-hybridized carbons (Fsp3) is 0.562. The Bertz CT molecular complexity index is 513. The van der Waals surface area contributed by atoms with Crippen molar-refractivity contribution in [3.8, 4) is 0 Å². The third-order valence-corrected chi connectivity index (χ3v) is 5.16. The van der Waals surface area contributed by atoms with Gasteiger partial charge in [0.2, 0.25) is 0 Å². The molecule has 1 saturated carbocycles. The molecule has 3 rings (SSSR count). The van der Waals surface area contributed by atoms with Crippen molar-refractivity contribution >= 4 is 21.8 Å². The maximum Gasteiger partial charge on any atom is 0.257 e. The Morgan fingerprint density at radius 1 is 1.20 bits per heavy atom. The van der Waals surface area contributed by atoms with Gasteiger partial charge in [-0.25, -0.2) is 4.39 Å². The van der Waals surface area contributed by atoms with Crippen LogP contribution in [0.25, 0.3) is 0 Å². The average molecular weight is 340 g/mol. The maximum atomic E-state index is 13.9. The molecule has 1 aliphatic carbocycles. The minimum Gasteiger partial charge on any atom is -0.335 e. The number of likely N-dealkylation sites (tertiary alicyclic amines) is 1. The SMILES string of the molecule is O=C(c1cc(Br)ccc1F)N1CCCC1C1CCCC1. The van der Waals surface area contributed by atoms with Crippen molar-refractivity contribution in [3.05, 3.63) is 34.1 Å². The minimum absolute atomic E-state index is 0.141. The topological polar surface area (TPSA) is 20.3 Å². The number of hydrogen-bond acceptors (Lipinski definition) is 1. The van der Waals surface area contributed by atoms with E-state index in [-0.39, 0.29) is 11.5 Å². The first-order valence-corrected chi connectivity index (χ1v) is 8.22. The van der Waals surface area contributed by atoms with Gasteiger partial charge in [0, 0.05) is 17.1 Å². The highest BCUT2D eigenvalue weighted by atomic mass is 79.9. The summed E-state index contributed by atoms with van der Waals surface area (Å²) in [5.74, 6) is 0.0603. The molecule has 1 aromatic carbocycles. The van der Waals surface area contributed by atoms with E-state index in [2.05, 4.69) is 15.9 Å². The number of hydrogen-bond donors (Lipinski definition) is 0. The lowest BCUT2D eigenvalue weighted by Crippen LogP contribution is -2.39. The molecule has 1 amide bonds. The Kier molecular flexibility index (Phi) is 4.11. The van der Waals surface area contributed by atoms with Crippen LogP contribution >= 0.6 is 15.9 Å². The van der Waals surface area contributed by atoms with Crippen LogP contribution in [-0.4, -0.2) is 23.4 Å². The summed E-state index contributed by atoms with van der Waals surface area (Å²) in [6.07, 6.45) is 7.10. The van der Waals surface area contributed by atoms with Gasteiger partial charge in [0.1, 0.15) is 5.82 Å². The highest BCUT2D eigenvalue weighted by molar-refractivity contribution is 9.10. The van der Waals surface area contributed by atoms with Crippen LogP contribution in [0, 0.1) is 11.7 Å². The average Bonchev–Trinajstić information content (AvgIpc) is 3.10. The lowest BCUT2D eigenvalue weighted by molar-refractivity contribution is 0.0684. The molecule has 1 saturated heterocycles. The molecule has 108 valence electrons. The highest BCUT2D eigenvalue weighted by Crippen LogP contribution is 2.36. The normalized spacial score (nSPS) is 23.5. The van der Waals surface area contributed by atoms with E-state index in [0.29, 0.717) is 12.0 Å². The van der Waals surface area contributed by atoms with Gasteiger partial charge >= 0.3 is 0 Å². The molecule has 2 nitrogen and oxygen atoms in total. The van der Waals surface area contributed by atoms with Crippen LogP contribution in [0.4, 0.5) is 4.39 Å². The summed E-state index contributed by atoms with van der Waals surface area (Å²) in [6.45, 7) is 0.770. The second-order valence-electron chi connectivity index (χ2n) is 5.88. The van der Waals surface area contributed by atoms with Crippen molar-refractivity contribution in [2.75, 3.05) is 6.54 Å². The second-order valence-corrected chi connectivity index (χ2v) is 6.79. The maximum absolute atomic E-state index is 13.9. The van der Waals surface area contributed by atoms with E-state index in [0.717, 1.165) is 23.9 Å². The van der Waals surface area contributed by atoms with Gasteiger partial charge in [-0.05, 0) is 49.8 Å². The molecule has 1 aliphatic heterocycles. The van der Waals surface area contributed by atoms with Crippen LogP contribution in [0.15, 0.2) is 22.7 Å². The third-order valence-electron chi connectivity index (χ3n) is 4.66. The Labute approximate surface area is 127 Å². The summed E-state index contributed by atoms with van der Waals surface area (Å²) in [5, 5.41) is 0. The third kappa shape index (κ3) is 2.62. The lowest BCUT2D eigenvalue weighted by Gasteiger charge is -2.29. The summed E-state index contributed by atoms with van der Waals surface area (Å²) in [4.78, 5) is 14.6. The number of carbonyl (C=O) groups is 1. The van der Waals surface area contributed by atoms with Gasteiger partial charge in [0.15, 0.2) is 0 Å². The first kappa shape index (κ1) is 14.1. The van der Waals surface area contributed by atoms with Gasteiger partial charge in [-0.2, -0.15) is 0 Å². The van der Waals surface area contributed by atoms with Crippen LogP contribution in [0.2, 0.25) is 0 Å². The number of amides is 1. The Morgan fingerprint density at radius 2 is 1.95 bits per heavy atom. The van der Waals surface area contributed by atoms with Crippen molar-refractivity contribution < 1.29 is 9.18 Å².